The SMILES string of the molecule is Cc1nc2ncnc(N[C@H](C)c3cccc(C(F)F)c3F)c2cc1C1(C#N)CC1. The quantitative estimate of drug-likeness (QED) is 0.645. The van der Waals surface area contributed by atoms with E-state index in [1.54, 1.807) is 6.92 Å². The maximum Gasteiger partial charge on any atom is 0.266 e. The van der Waals surface area contributed by atoms with Crippen LogP contribution in [0.2, 0.25) is 0 Å². The van der Waals surface area contributed by atoms with Gasteiger partial charge >= 0.3 is 0 Å². The Hall–Kier alpha value is -3.21. The van der Waals surface area contributed by atoms with Gasteiger partial charge in [0.25, 0.3) is 6.43 Å². The summed E-state index contributed by atoms with van der Waals surface area (Å²) >= 11 is 0. The molecular weight excluding hydrogens is 379 g/mol. The van der Waals surface area contributed by atoms with E-state index >= 15 is 0 Å². The molecule has 4 rings (SSSR count). The van der Waals surface area contributed by atoms with Crippen molar-refractivity contribution in [2.45, 2.75) is 44.6 Å². The Kier molecular flexibility index (Phi) is 4.61. The van der Waals surface area contributed by atoms with Crippen LogP contribution in [0.25, 0.3) is 11.0 Å². The highest BCUT2D eigenvalue weighted by Gasteiger charge is 2.46. The van der Waals surface area contributed by atoms with E-state index in [-0.39, 0.29) is 5.56 Å². The van der Waals surface area contributed by atoms with Crippen molar-refractivity contribution < 1.29 is 13.2 Å². The van der Waals surface area contributed by atoms with E-state index in [4.69, 9.17) is 0 Å². The van der Waals surface area contributed by atoms with Crippen LogP contribution >= 0.6 is 0 Å². The zero-order chi connectivity index (χ0) is 20.8. The summed E-state index contributed by atoms with van der Waals surface area (Å²) in [5.41, 5.74) is 0.987. The van der Waals surface area contributed by atoms with Crippen LogP contribution in [0.3, 0.4) is 0 Å². The molecule has 1 aromatic carbocycles. The number of fused-ring (bicyclic) bond motifs is 1. The zero-order valence-electron chi connectivity index (χ0n) is 15.9. The molecule has 1 N–H and O–H groups in total. The number of hydrogen-bond donors (Lipinski definition) is 1. The first-order chi connectivity index (χ1) is 13.9. The number of nitrogens with zero attached hydrogens (tertiary/aromatic N) is 4. The van der Waals surface area contributed by atoms with Crippen molar-refractivity contribution in [2.24, 2.45) is 0 Å². The predicted octanol–water partition coefficient (Wildman–Crippen LogP) is 5.14. The molecule has 0 bridgehead atoms. The topological polar surface area (TPSA) is 74.5 Å². The molecule has 0 radical (unpaired) electrons. The van der Waals surface area contributed by atoms with Crippen molar-refractivity contribution in [3.05, 3.63) is 58.8 Å². The van der Waals surface area contributed by atoms with E-state index in [1.807, 2.05) is 13.0 Å². The molecule has 148 valence electrons. The molecule has 0 aliphatic heterocycles. The maximum absolute atomic E-state index is 14.5. The van der Waals surface area contributed by atoms with Crippen LogP contribution < -0.4 is 5.32 Å². The molecule has 0 saturated heterocycles. The van der Waals surface area contributed by atoms with E-state index in [2.05, 4.69) is 26.3 Å². The van der Waals surface area contributed by atoms with Gasteiger partial charge in [-0.15, -0.1) is 0 Å². The standard InChI is InChI=1S/C21H18F3N5/c1-11(13-4-3-5-14(17(13)22)18(23)24)28-19-15-8-16(21(9-25)6-7-21)12(2)29-20(15)27-10-26-19/h3-5,8,10-11,18H,6-7H2,1-2H3,(H,26,27,28,29)/t11-/m1/s1. The minimum atomic E-state index is -2.89. The first kappa shape index (κ1) is 19.1. The summed E-state index contributed by atoms with van der Waals surface area (Å²) in [7, 11) is 0. The molecule has 0 spiro atoms. The van der Waals surface area contributed by atoms with Crippen LogP contribution in [0.5, 0.6) is 0 Å². The lowest BCUT2D eigenvalue weighted by atomic mass is 9.95. The summed E-state index contributed by atoms with van der Waals surface area (Å²) in [6.45, 7) is 3.51. The number of aromatic nitrogens is 3. The molecule has 8 heteroatoms. The third kappa shape index (κ3) is 3.27. The number of nitrogens with one attached hydrogen (secondary N) is 1. The second-order valence-corrected chi connectivity index (χ2v) is 7.33. The molecule has 3 aromatic rings. The molecule has 1 atom stereocenters. The van der Waals surface area contributed by atoms with Crippen molar-refractivity contribution >= 4 is 16.9 Å². The van der Waals surface area contributed by atoms with Crippen LogP contribution in [-0.4, -0.2) is 15.0 Å². The summed E-state index contributed by atoms with van der Waals surface area (Å²) < 4.78 is 40.6. The highest BCUT2D eigenvalue weighted by molar-refractivity contribution is 5.87. The number of anilines is 1. The van der Waals surface area contributed by atoms with Crippen LogP contribution in [0.4, 0.5) is 19.0 Å². The number of halogens is 3. The minimum Gasteiger partial charge on any atom is -0.363 e. The first-order valence-electron chi connectivity index (χ1n) is 9.23. The van der Waals surface area contributed by atoms with Crippen LogP contribution in [0, 0.1) is 24.1 Å². The molecule has 2 aromatic heterocycles. The predicted molar refractivity (Wildman–Crippen MR) is 102 cm³/mol. The zero-order valence-corrected chi connectivity index (χ0v) is 15.9. The van der Waals surface area contributed by atoms with E-state index in [0.29, 0.717) is 16.9 Å². The number of nitriles is 1. The van der Waals surface area contributed by atoms with Gasteiger partial charge in [-0.1, -0.05) is 18.2 Å². The largest absolute Gasteiger partial charge is 0.363 e. The van der Waals surface area contributed by atoms with Gasteiger partial charge in [0.1, 0.15) is 18.0 Å². The van der Waals surface area contributed by atoms with Gasteiger partial charge in [-0.25, -0.2) is 28.1 Å². The highest BCUT2D eigenvalue weighted by atomic mass is 19.3. The Labute approximate surface area is 165 Å². The number of alkyl halides is 2. The summed E-state index contributed by atoms with van der Waals surface area (Å²) in [5.74, 6) is -0.524. The monoisotopic (exact) mass is 397 g/mol. The van der Waals surface area contributed by atoms with E-state index < -0.39 is 29.3 Å². The van der Waals surface area contributed by atoms with Gasteiger partial charge in [-0.05, 0) is 38.3 Å². The minimum absolute atomic E-state index is 0.116. The third-order valence-corrected chi connectivity index (χ3v) is 5.41. The fourth-order valence-corrected chi connectivity index (χ4v) is 3.60. The first-order valence-corrected chi connectivity index (χ1v) is 9.23. The number of hydrogen-bond acceptors (Lipinski definition) is 5. The Morgan fingerprint density at radius 3 is 2.59 bits per heavy atom. The van der Waals surface area contributed by atoms with E-state index in [1.165, 1.54) is 18.5 Å². The lowest BCUT2D eigenvalue weighted by Gasteiger charge is -2.19. The Morgan fingerprint density at radius 2 is 1.93 bits per heavy atom. The number of benzene rings is 1. The normalized spacial score (nSPS) is 15.9. The fraction of sp³-hybridized carbons (Fsp3) is 0.333. The lowest BCUT2D eigenvalue weighted by molar-refractivity contribution is 0.146. The Bertz CT molecular complexity index is 1140. The summed E-state index contributed by atoms with van der Waals surface area (Å²) in [6.07, 6.45) is -0.00368. The summed E-state index contributed by atoms with van der Waals surface area (Å²) in [4.78, 5) is 12.9. The van der Waals surface area contributed by atoms with Gasteiger partial charge < -0.3 is 5.32 Å². The average molecular weight is 397 g/mol. The second-order valence-electron chi connectivity index (χ2n) is 7.33. The Balaban J connectivity index is 1.74. The summed E-state index contributed by atoms with van der Waals surface area (Å²) in [6, 6.07) is 7.54. The van der Waals surface area contributed by atoms with E-state index in [0.717, 1.165) is 30.2 Å². The summed E-state index contributed by atoms with van der Waals surface area (Å²) in [5, 5.41) is 13.2. The molecule has 0 amide bonds. The van der Waals surface area contributed by atoms with Gasteiger partial charge in [0.2, 0.25) is 0 Å². The van der Waals surface area contributed by atoms with Crippen LogP contribution in [-0.2, 0) is 5.41 Å². The molecule has 5 nitrogen and oxygen atoms in total. The molecule has 2 heterocycles. The fourth-order valence-electron chi connectivity index (χ4n) is 3.60. The molecule has 1 saturated carbocycles. The molecule has 1 aliphatic carbocycles. The Morgan fingerprint density at radius 1 is 1.21 bits per heavy atom. The average Bonchev–Trinajstić information content (AvgIpc) is 3.48. The molecule has 0 unspecified atom stereocenters. The third-order valence-electron chi connectivity index (χ3n) is 5.41. The molecular formula is C21H18F3N5. The van der Waals surface area contributed by atoms with Gasteiger partial charge in [-0.2, -0.15) is 5.26 Å². The van der Waals surface area contributed by atoms with Crippen molar-refractivity contribution in [1.82, 2.24) is 15.0 Å². The van der Waals surface area contributed by atoms with Crippen molar-refractivity contribution in [3.8, 4) is 6.07 Å². The second kappa shape index (κ2) is 6.99. The van der Waals surface area contributed by atoms with Crippen LogP contribution in [0.1, 0.15) is 54.6 Å². The van der Waals surface area contributed by atoms with Gasteiger partial charge in [0.15, 0.2) is 5.65 Å². The number of pyridine rings is 1. The van der Waals surface area contributed by atoms with Crippen molar-refractivity contribution in [3.63, 3.8) is 0 Å². The van der Waals surface area contributed by atoms with Crippen molar-refractivity contribution in [2.75, 3.05) is 5.32 Å². The smallest absolute Gasteiger partial charge is 0.266 e. The molecule has 29 heavy (non-hydrogen) atoms. The van der Waals surface area contributed by atoms with Gasteiger partial charge in [0.05, 0.1) is 28.5 Å². The van der Waals surface area contributed by atoms with Crippen LogP contribution in [0.15, 0.2) is 30.6 Å². The molecule has 1 aliphatic rings. The number of aryl methyl sites for hydroxylation is 1. The van der Waals surface area contributed by atoms with E-state index in [9.17, 15) is 18.4 Å². The van der Waals surface area contributed by atoms with Crippen molar-refractivity contribution in [1.29, 1.82) is 5.26 Å². The molecule has 1 fully saturated rings. The maximum atomic E-state index is 14.5. The highest BCUT2D eigenvalue weighted by Crippen LogP contribution is 2.49. The number of rotatable bonds is 5. The lowest BCUT2D eigenvalue weighted by Crippen LogP contribution is -2.13. The van der Waals surface area contributed by atoms with Gasteiger partial charge in [0, 0.05) is 11.3 Å². The van der Waals surface area contributed by atoms with Gasteiger partial charge in [-0.3, -0.25) is 0 Å².